The zero-order chi connectivity index (χ0) is 9.64. The molecule has 0 fully saturated rings. The first-order valence-electron chi connectivity index (χ1n) is 4.35. The molecule has 0 aliphatic heterocycles. The first kappa shape index (κ1) is 8.23. The Labute approximate surface area is 77.1 Å². The van der Waals surface area contributed by atoms with Crippen LogP contribution in [-0.2, 0) is 5.54 Å². The van der Waals surface area contributed by atoms with Crippen molar-refractivity contribution in [2.24, 2.45) is 0 Å². The molecule has 3 heteroatoms. The first-order chi connectivity index (χ1) is 6.00. The maximum absolute atomic E-state index is 5.89. The Morgan fingerprint density at radius 3 is 2.69 bits per heavy atom. The number of nitrogen functional groups attached to an aromatic ring is 1. The Kier molecular flexibility index (Phi) is 1.46. The van der Waals surface area contributed by atoms with Crippen molar-refractivity contribution in [1.82, 2.24) is 4.57 Å². The van der Waals surface area contributed by atoms with Gasteiger partial charge in [0.25, 0.3) is 0 Å². The highest BCUT2D eigenvalue weighted by Crippen LogP contribution is 2.29. The Bertz CT molecular complexity index is 431. The predicted octanol–water partition coefficient (Wildman–Crippen LogP) is 2.57. The molecular formula is C10H14N2O. The second-order valence-corrected chi connectivity index (χ2v) is 4.26. The van der Waals surface area contributed by atoms with E-state index < -0.39 is 0 Å². The average molecular weight is 178 g/mol. The summed E-state index contributed by atoms with van der Waals surface area (Å²) in [6.07, 6.45) is 1.69. The van der Waals surface area contributed by atoms with E-state index in [-0.39, 0.29) is 5.54 Å². The van der Waals surface area contributed by atoms with Gasteiger partial charge in [0.1, 0.15) is 5.82 Å². The molecule has 0 saturated heterocycles. The molecule has 3 nitrogen and oxygen atoms in total. The molecule has 70 valence electrons. The topological polar surface area (TPSA) is 44.1 Å². The van der Waals surface area contributed by atoms with Crippen molar-refractivity contribution in [1.29, 1.82) is 0 Å². The molecule has 2 N–H and O–H groups in total. The van der Waals surface area contributed by atoms with Crippen molar-refractivity contribution in [3.63, 3.8) is 0 Å². The van der Waals surface area contributed by atoms with Crippen molar-refractivity contribution in [2.45, 2.75) is 26.3 Å². The van der Waals surface area contributed by atoms with E-state index in [0.717, 1.165) is 16.9 Å². The maximum Gasteiger partial charge on any atom is 0.208 e. The van der Waals surface area contributed by atoms with Gasteiger partial charge in [0.2, 0.25) is 5.71 Å². The van der Waals surface area contributed by atoms with Crippen LogP contribution in [0.15, 0.2) is 22.8 Å². The molecule has 0 radical (unpaired) electrons. The van der Waals surface area contributed by atoms with E-state index in [1.165, 1.54) is 0 Å². The largest absolute Gasteiger partial charge is 0.448 e. The summed E-state index contributed by atoms with van der Waals surface area (Å²) in [7, 11) is 0. The molecule has 2 aromatic rings. The Balaban J connectivity index is 2.78. The van der Waals surface area contributed by atoms with Crippen molar-refractivity contribution < 1.29 is 4.42 Å². The average Bonchev–Trinajstić information content (AvgIpc) is 2.41. The summed E-state index contributed by atoms with van der Waals surface area (Å²) < 4.78 is 7.38. The summed E-state index contributed by atoms with van der Waals surface area (Å²) in [5.74, 6) is 0.752. The molecule has 2 heterocycles. The van der Waals surface area contributed by atoms with Crippen molar-refractivity contribution in [2.75, 3.05) is 5.73 Å². The van der Waals surface area contributed by atoms with E-state index in [9.17, 15) is 0 Å². The number of hydrogen-bond donors (Lipinski definition) is 1. The van der Waals surface area contributed by atoms with Crippen LogP contribution in [-0.4, -0.2) is 4.57 Å². The molecule has 0 spiro atoms. The summed E-state index contributed by atoms with van der Waals surface area (Å²) >= 11 is 0. The summed E-state index contributed by atoms with van der Waals surface area (Å²) in [6, 6.07) is 3.86. The number of nitrogens with two attached hydrogens (primary N) is 1. The quantitative estimate of drug-likeness (QED) is 0.673. The lowest BCUT2D eigenvalue weighted by Gasteiger charge is -2.22. The second-order valence-electron chi connectivity index (χ2n) is 4.26. The Morgan fingerprint density at radius 2 is 2.08 bits per heavy atom. The number of fused-ring (bicyclic) bond motifs is 1. The second kappa shape index (κ2) is 2.31. The summed E-state index contributed by atoms with van der Waals surface area (Å²) in [4.78, 5) is 0. The molecule has 2 aromatic heterocycles. The van der Waals surface area contributed by atoms with E-state index in [0.29, 0.717) is 0 Å². The lowest BCUT2D eigenvalue weighted by Crippen LogP contribution is -2.22. The minimum atomic E-state index is -0.0380. The van der Waals surface area contributed by atoms with Crippen LogP contribution in [0.2, 0.25) is 0 Å². The fourth-order valence-corrected chi connectivity index (χ4v) is 1.64. The SMILES string of the molecule is CC(C)(C)n1c(N)cc2ccoc21. The first-order valence-corrected chi connectivity index (χ1v) is 4.35. The zero-order valence-electron chi connectivity index (χ0n) is 8.16. The van der Waals surface area contributed by atoms with Gasteiger partial charge in [0.15, 0.2) is 0 Å². The monoisotopic (exact) mass is 178 g/mol. The van der Waals surface area contributed by atoms with Crippen LogP contribution in [0.4, 0.5) is 5.82 Å². The molecule has 0 atom stereocenters. The zero-order valence-corrected chi connectivity index (χ0v) is 8.16. The van der Waals surface area contributed by atoms with Gasteiger partial charge in [-0.1, -0.05) is 0 Å². The highest BCUT2D eigenvalue weighted by atomic mass is 16.3. The minimum absolute atomic E-state index is 0.0380. The van der Waals surface area contributed by atoms with Crippen molar-refractivity contribution in [3.8, 4) is 0 Å². The van der Waals surface area contributed by atoms with Gasteiger partial charge < -0.3 is 10.2 Å². The van der Waals surface area contributed by atoms with Gasteiger partial charge in [-0.2, -0.15) is 0 Å². The smallest absolute Gasteiger partial charge is 0.208 e. The molecule has 2 rings (SSSR count). The molecule has 0 aliphatic rings. The van der Waals surface area contributed by atoms with Crippen LogP contribution in [0.25, 0.3) is 11.1 Å². The van der Waals surface area contributed by atoms with Crippen LogP contribution in [0.5, 0.6) is 0 Å². The third-order valence-electron chi connectivity index (χ3n) is 2.11. The lowest BCUT2D eigenvalue weighted by atomic mass is 10.1. The van der Waals surface area contributed by atoms with Crippen molar-refractivity contribution >= 4 is 16.9 Å². The molecular weight excluding hydrogens is 164 g/mol. The molecule has 0 aromatic carbocycles. The number of rotatable bonds is 0. The molecule has 0 aliphatic carbocycles. The molecule has 0 saturated carbocycles. The fraction of sp³-hybridized carbons (Fsp3) is 0.400. The van der Waals surface area contributed by atoms with Crippen LogP contribution < -0.4 is 5.73 Å². The van der Waals surface area contributed by atoms with E-state index in [1.807, 2.05) is 16.7 Å². The number of nitrogens with zero attached hydrogens (tertiary/aromatic N) is 1. The number of furan rings is 1. The predicted molar refractivity (Wildman–Crippen MR) is 53.6 cm³/mol. The standard InChI is InChI=1S/C10H14N2O/c1-10(2,3)12-8(11)6-7-4-5-13-9(7)12/h4-6H,11H2,1-3H3. The van der Waals surface area contributed by atoms with Gasteiger partial charge in [0, 0.05) is 10.9 Å². The van der Waals surface area contributed by atoms with Gasteiger partial charge in [-0.05, 0) is 32.9 Å². The molecule has 13 heavy (non-hydrogen) atoms. The van der Waals surface area contributed by atoms with Gasteiger partial charge in [-0.3, -0.25) is 4.57 Å². The molecule has 0 unspecified atom stereocenters. The normalized spacial score (nSPS) is 12.5. The Morgan fingerprint density at radius 1 is 1.38 bits per heavy atom. The minimum Gasteiger partial charge on any atom is -0.448 e. The summed E-state index contributed by atoms with van der Waals surface area (Å²) in [5.41, 5.74) is 6.70. The maximum atomic E-state index is 5.89. The van der Waals surface area contributed by atoms with E-state index in [4.69, 9.17) is 10.2 Å². The van der Waals surface area contributed by atoms with Crippen molar-refractivity contribution in [3.05, 3.63) is 18.4 Å². The highest BCUT2D eigenvalue weighted by molar-refractivity contribution is 5.80. The lowest BCUT2D eigenvalue weighted by molar-refractivity contribution is 0.394. The van der Waals surface area contributed by atoms with Gasteiger partial charge in [0.05, 0.1) is 6.26 Å². The molecule has 0 bridgehead atoms. The Hall–Kier alpha value is -1.38. The highest BCUT2D eigenvalue weighted by Gasteiger charge is 2.20. The van der Waals surface area contributed by atoms with Gasteiger partial charge >= 0.3 is 0 Å². The van der Waals surface area contributed by atoms with E-state index in [1.54, 1.807) is 6.26 Å². The fourth-order valence-electron chi connectivity index (χ4n) is 1.64. The molecule has 0 amide bonds. The van der Waals surface area contributed by atoms with Crippen LogP contribution >= 0.6 is 0 Å². The third kappa shape index (κ3) is 1.11. The van der Waals surface area contributed by atoms with Gasteiger partial charge in [-0.15, -0.1) is 0 Å². The number of anilines is 1. The van der Waals surface area contributed by atoms with Gasteiger partial charge in [-0.25, -0.2) is 0 Å². The number of aromatic nitrogens is 1. The van der Waals surface area contributed by atoms with Crippen LogP contribution in [0.1, 0.15) is 20.8 Å². The van der Waals surface area contributed by atoms with E-state index >= 15 is 0 Å². The van der Waals surface area contributed by atoms with Crippen LogP contribution in [0, 0.1) is 0 Å². The number of hydrogen-bond acceptors (Lipinski definition) is 2. The third-order valence-corrected chi connectivity index (χ3v) is 2.11. The summed E-state index contributed by atoms with van der Waals surface area (Å²) in [6.45, 7) is 6.31. The van der Waals surface area contributed by atoms with Crippen LogP contribution in [0.3, 0.4) is 0 Å². The van der Waals surface area contributed by atoms with E-state index in [2.05, 4.69) is 20.8 Å². The summed E-state index contributed by atoms with van der Waals surface area (Å²) in [5, 5.41) is 1.06.